The number of hydrazone groups is 1. The second kappa shape index (κ2) is 21.9. The van der Waals surface area contributed by atoms with Gasteiger partial charge in [0.1, 0.15) is 23.4 Å². The first-order chi connectivity index (χ1) is 33.4. The van der Waals surface area contributed by atoms with E-state index < -0.39 is 88.8 Å². The minimum absolute atomic E-state index is 0.0344. The van der Waals surface area contributed by atoms with Gasteiger partial charge >= 0.3 is 11.8 Å². The highest BCUT2D eigenvalue weighted by molar-refractivity contribution is 6.24. The summed E-state index contributed by atoms with van der Waals surface area (Å²) in [6.07, 6.45) is 4.76. The van der Waals surface area contributed by atoms with E-state index in [0.717, 1.165) is 5.56 Å². The molecular formula is C53H69N5O13. The molecule has 5 bridgehead atoms. The summed E-state index contributed by atoms with van der Waals surface area (Å²) < 4.78 is 23.8. The van der Waals surface area contributed by atoms with Crippen molar-refractivity contribution in [3.63, 3.8) is 0 Å². The molecule has 0 aromatic heterocycles. The van der Waals surface area contributed by atoms with E-state index in [1.807, 2.05) is 43.1 Å². The van der Waals surface area contributed by atoms with Gasteiger partial charge in [-0.05, 0) is 51.5 Å². The molecule has 18 nitrogen and oxygen atoms in total. The van der Waals surface area contributed by atoms with Crippen molar-refractivity contribution in [3.05, 3.63) is 82.7 Å². The number of hydrogen-bond acceptors (Lipinski definition) is 16. The average Bonchev–Trinajstić information content (AvgIpc) is 3.58. The molecule has 2 unspecified atom stereocenters. The summed E-state index contributed by atoms with van der Waals surface area (Å²) in [5, 5.41) is 71.0. The van der Waals surface area contributed by atoms with Crippen LogP contribution < -0.4 is 15.4 Å². The molecule has 2 amide bonds. The number of ketones is 1. The Morgan fingerprint density at radius 3 is 2.15 bits per heavy atom. The Morgan fingerprint density at radius 1 is 0.901 bits per heavy atom. The number of allylic oxidation sites excluding steroid dienone is 2. The summed E-state index contributed by atoms with van der Waals surface area (Å²) in [4.78, 5) is 54.9. The molecule has 384 valence electrons. The second-order valence-corrected chi connectivity index (χ2v) is 19.5. The molecule has 7 N–H and O–H groups in total. The number of anilines is 2. The third-order valence-electron chi connectivity index (χ3n) is 14.0. The highest BCUT2D eigenvalue weighted by Gasteiger charge is 2.50. The van der Waals surface area contributed by atoms with Crippen LogP contribution in [0.1, 0.15) is 96.3 Å². The van der Waals surface area contributed by atoms with Crippen molar-refractivity contribution < 1.29 is 63.7 Å². The number of aliphatic hydroxyl groups excluding tert-OH is 2. The topological polar surface area (TPSA) is 249 Å². The molecule has 0 aliphatic carbocycles. The summed E-state index contributed by atoms with van der Waals surface area (Å²) in [7, 11) is 1.43. The first kappa shape index (κ1) is 53.9. The molecule has 11 atom stereocenters. The highest BCUT2D eigenvalue weighted by atomic mass is 16.7. The zero-order valence-corrected chi connectivity index (χ0v) is 42.5. The number of Topliss-reactive ketones (excluding diaryl/α,β-unsaturated/α-hetero) is 1. The fourth-order valence-corrected chi connectivity index (χ4v) is 9.93. The standard InChI is InChI=1S/C53H69N5O13/c1-26-14-13-15-27(2)52(67)56-43-38(22-54-58-28(3)23-57(24-29(58)4)25-36-16-18-37(19-17-36)55-34(9)59)47(64)40-41(48(43)65)46(63)33(8)50-42(40)51(66)53(11,71-50)69-21-20-39(68-12)30(5)49(70-35(10)60)32(7)45(62)31(6)44(26)61/h13-22,26,28-32,39,44-45,49,61-65H,23-25H2,1-12H3,(H,55,59)(H,56,67)/b14-13+,21-20+,27-15-,54-22+/t26-,28?,29?,30-,31-,32-,39+,44+,45-,49-,53+/m1/s1. The van der Waals surface area contributed by atoms with E-state index in [9.17, 15) is 44.7 Å². The van der Waals surface area contributed by atoms with Crippen molar-refractivity contribution in [2.45, 2.75) is 125 Å². The summed E-state index contributed by atoms with van der Waals surface area (Å²) >= 11 is 0. The fourth-order valence-electron chi connectivity index (χ4n) is 9.93. The number of phenols is 3. The van der Waals surface area contributed by atoms with Gasteiger partial charge in [0.2, 0.25) is 5.91 Å². The second-order valence-electron chi connectivity index (χ2n) is 19.5. The predicted molar refractivity (Wildman–Crippen MR) is 268 cm³/mol. The average molecular weight is 984 g/mol. The van der Waals surface area contributed by atoms with Gasteiger partial charge in [-0.25, -0.2) is 0 Å². The van der Waals surface area contributed by atoms with E-state index in [0.29, 0.717) is 25.3 Å². The molecule has 0 radical (unpaired) electrons. The number of phenolic OH excluding ortho intramolecular Hbond substituents is 3. The molecule has 4 aliphatic heterocycles. The fraction of sp³-hybridized carbons (Fsp3) is 0.491. The van der Waals surface area contributed by atoms with E-state index in [2.05, 4.69) is 15.5 Å². The Labute approximate surface area is 414 Å². The van der Waals surface area contributed by atoms with E-state index >= 15 is 0 Å². The first-order valence-electron chi connectivity index (χ1n) is 23.9. The molecule has 7 rings (SSSR count). The van der Waals surface area contributed by atoms with Crippen molar-refractivity contribution >= 4 is 51.9 Å². The number of piperazine rings is 1. The molecule has 0 saturated carbocycles. The number of rotatable bonds is 7. The number of methoxy groups -OCH3 is 1. The minimum Gasteiger partial charge on any atom is -0.507 e. The number of nitrogens with zero attached hydrogens (tertiary/aromatic N) is 3. The van der Waals surface area contributed by atoms with Crippen LogP contribution in [0.5, 0.6) is 23.0 Å². The van der Waals surface area contributed by atoms with Crippen molar-refractivity contribution in [2.24, 2.45) is 28.8 Å². The molecule has 3 aromatic rings. The van der Waals surface area contributed by atoms with E-state index in [1.165, 1.54) is 66.4 Å². The van der Waals surface area contributed by atoms with Gasteiger partial charge in [-0.15, -0.1) is 0 Å². The smallest absolute Gasteiger partial charge is 0.312 e. The van der Waals surface area contributed by atoms with E-state index in [4.69, 9.17) is 24.0 Å². The number of benzene rings is 3. The van der Waals surface area contributed by atoms with Crippen molar-refractivity contribution in [3.8, 4) is 23.0 Å². The van der Waals surface area contributed by atoms with Crippen molar-refractivity contribution in [1.82, 2.24) is 9.91 Å². The van der Waals surface area contributed by atoms with Crippen LogP contribution in [-0.4, -0.2) is 128 Å². The van der Waals surface area contributed by atoms with Crippen LogP contribution in [0.2, 0.25) is 0 Å². The molecule has 4 aliphatic rings. The van der Waals surface area contributed by atoms with Crippen LogP contribution in [0.15, 0.2) is 65.5 Å². The molecule has 71 heavy (non-hydrogen) atoms. The summed E-state index contributed by atoms with van der Waals surface area (Å²) in [5.74, 6) is -8.81. The van der Waals surface area contributed by atoms with Crippen LogP contribution in [0.3, 0.4) is 0 Å². The number of fused-ring (bicyclic) bond motifs is 14. The number of ether oxygens (including phenoxy) is 4. The zero-order chi connectivity index (χ0) is 52.4. The molecule has 4 heterocycles. The van der Waals surface area contributed by atoms with Gasteiger partial charge in [0, 0.05) is 93.4 Å². The van der Waals surface area contributed by atoms with Gasteiger partial charge in [0.25, 0.3) is 11.7 Å². The number of nitrogens with one attached hydrogen (secondary N) is 2. The van der Waals surface area contributed by atoms with Gasteiger partial charge in [-0.3, -0.25) is 29.1 Å². The summed E-state index contributed by atoms with van der Waals surface area (Å²) in [6.45, 7) is 19.8. The number of esters is 1. The number of carbonyl (C=O) groups is 4. The lowest BCUT2D eigenvalue weighted by Gasteiger charge is -2.42. The van der Waals surface area contributed by atoms with Gasteiger partial charge in [-0.1, -0.05) is 58.1 Å². The molecule has 1 saturated heterocycles. The maximum absolute atomic E-state index is 14.7. The lowest BCUT2D eigenvalue weighted by molar-refractivity contribution is -0.160. The first-order valence-corrected chi connectivity index (χ1v) is 23.9. The third-order valence-corrected chi connectivity index (χ3v) is 14.0. The number of amides is 2. The van der Waals surface area contributed by atoms with Crippen molar-refractivity contribution in [1.29, 1.82) is 0 Å². The monoisotopic (exact) mass is 983 g/mol. The Hall–Kier alpha value is -6.47. The quantitative estimate of drug-likeness (QED) is 0.0567. The maximum atomic E-state index is 14.7. The largest absolute Gasteiger partial charge is 0.507 e. The highest BCUT2D eigenvalue weighted by Crippen LogP contribution is 2.55. The Bertz CT molecular complexity index is 2630. The van der Waals surface area contributed by atoms with Crippen LogP contribution in [0.4, 0.5) is 11.4 Å². The zero-order valence-electron chi connectivity index (χ0n) is 42.5. The minimum atomic E-state index is -2.09. The van der Waals surface area contributed by atoms with Gasteiger partial charge in [-0.2, -0.15) is 5.10 Å². The summed E-state index contributed by atoms with van der Waals surface area (Å²) in [6, 6.07) is 7.28. The van der Waals surface area contributed by atoms with Crippen LogP contribution in [0, 0.1) is 30.6 Å². The molecule has 0 spiro atoms. The Morgan fingerprint density at radius 2 is 1.55 bits per heavy atom. The van der Waals surface area contributed by atoms with Crippen LogP contribution in [-0.2, 0) is 35.1 Å². The maximum Gasteiger partial charge on any atom is 0.312 e. The van der Waals surface area contributed by atoms with Gasteiger partial charge < -0.3 is 55.1 Å². The SMILES string of the molecule is CO[C@H]1/C=C/O[C@@]2(C)Oc3c(C)c(O)c4c(O)c(c(/C=N/N5C(C)CN(Cc6ccc(NC(C)=O)cc6)CC5C)c(O)c4c3C2=O)NC(=O)/C(C)=C\C=C\[C@@H](C)[C@H](O)[C@@H](C)[C@@H](O)[C@@H](C)[C@H](OC(C)=O)[C@@H]1C. The number of carbonyl (C=O) groups excluding carboxylic acids is 4. The number of hydrogen-bond donors (Lipinski definition) is 7. The van der Waals surface area contributed by atoms with Crippen LogP contribution in [0.25, 0.3) is 10.8 Å². The number of aromatic hydroxyl groups is 3. The molecule has 3 aromatic carbocycles. The molecule has 1 fully saturated rings. The number of aliphatic hydroxyl groups is 2. The third kappa shape index (κ3) is 11.2. The van der Waals surface area contributed by atoms with Crippen LogP contribution >= 0.6 is 0 Å². The normalized spacial score (nSPS) is 30.6. The predicted octanol–water partition coefficient (Wildman–Crippen LogP) is 6.64. The molecular weight excluding hydrogens is 915 g/mol. The van der Waals surface area contributed by atoms with Crippen molar-refractivity contribution in [2.75, 3.05) is 30.8 Å². The van der Waals surface area contributed by atoms with E-state index in [1.54, 1.807) is 39.8 Å². The Balaban J connectivity index is 1.45. The summed E-state index contributed by atoms with van der Waals surface area (Å²) in [5.41, 5.74) is 1.25. The van der Waals surface area contributed by atoms with Gasteiger partial charge in [0.15, 0.2) is 5.75 Å². The Kier molecular flexibility index (Phi) is 16.6. The lowest BCUT2D eigenvalue weighted by atomic mass is 9.78. The lowest BCUT2D eigenvalue weighted by Crippen LogP contribution is -2.54. The van der Waals surface area contributed by atoms with Gasteiger partial charge in [0.05, 0.1) is 65.1 Å². The molecule has 18 heteroatoms. The van der Waals surface area contributed by atoms with E-state index in [-0.39, 0.29) is 62.5 Å².